The molecule has 24 heavy (non-hydrogen) atoms. The van der Waals surface area contributed by atoms with E-state index in [1.807, 2.05) is 0 Å². The van der Waals surface area contributed by atoms with Gasteiger partial charge in [0.2, 0.25) is 0 Å². The first-order valence-corrected chi connectivity index (χ1v) is 10.0. The van der Waals surface area contributed by atoms with Gasteiger partial charge < -0.3 is 5.73 Å². The molecule has 1 unspecified atom stereocenters. The Kier molecular flexibility index (Phi) is 13.4. The molecule has 0 aromatic heterocycles. The molecule has 0 saturated carbocycles. The lowest BCUT2D eigenvalue weighted by Crippen LogP contribution is -2.45. The molecule has 1 rings (SSSR count). The Morgan fingerprint density at radius 1 is 0.792 bits per heavy atom. The van der Waals surface area contributed by atoms with Crippen molar-refractivity contribution in [2.24, 2.45) is 5.73 Å². The summed E-state index contributed by atoms with van der Waals surface area (Å²) in [5, 5.41) is 0. The molecule has 2 N–H and O–H groups in total. The summed E-state index contributed by atoms with van der Waals surface area (Å²) in [6, 6.07) is 11.0. The van der Waals surface area contributed by atoms with E-state index < -0.39 is 0 Å². The number of halogens is 1. The number of unbranched alkanes of at least 4 members (excludes halogenated alkanes) is 5. The van der Waals surface area contributed by atoms with E-state index in [1.54, 1.807) is 0 Å². The highest BCUT2D eigenvalue weighted by Crippen LogP contribution is 2.37. The number of hydrogen-bond donors (Lipinski definition) is 1. The zero-order valence-corrected chi connectivity index (χ0v) is 17.0. The topological polar surface area (TPSA) is 26.0 Å². The van der Waals surface area contributed by atoms with Crippen LogP contribution in [-0.2, 0) is 0 Å². The van der Waals surface area contributed by atoms with Crippen molar-refractivity contribution in [1.82, 2.24) is 0 Å². The first-order chi connectivity index (χ1) is 11.2. The highest BCUT2D eigenvalue weighted by Gasteiger charge is 2.33. The van der Waals surface area contributed by atoms with Crippen molar-refractivity contribution in [3.05, 3.63) is 35.9 Å². The summed E-state index contributed by atoms with van der Waals surface area (Å²) < 4.78 is 0. The van der Waals surface area contributed by atoms with Crippen LogP contribution in [0.2, 0.25) is 0 Å². The van der Waals surface area contributed by atoms with Gasteiger partial charge >= 0.3 is 0 Å². The zero-order valence-electron chi connectivity index (χ0n) is 16.2. The molecule has 0 spiro atoms. The smallest absolute Gasteiger partial charge is 0.0223 e. The second kappa shape index (κ2) is 13.7. The average Bonchev–Trinajstić information content (AvgIpc) is 2.55. The van der Waals surface area contributed by atoms with Gasteiger partial charge in [-0.3, -0.25) is 0 Å². The van der Waals surface area contributed by atoms with E-state index in [0.29, 0.717) is 5.92 Å². The van der Waals surface area contributed by atoms with E-state index in [9.17, 15) is 0 Å². The number of rotatable bonds is 13. The first-order valence-electron chi connectivity index (χ1n) is 10.0. The summed E-state index contributed by atoms with van der Waals surface area (Å²) in [7, 11) is 0. The quantitative estimate of drug-likeness (QED) is 0.371. The predicted octanol–water partition coefficient (Wildman–Crippen LogP) is 7.24. The summed E-state index contributed by atoms with van der Waals surface area (Å²) >= 11 is 0. The SMILES string of the molecule is CCCCCCCCC(c1ccccc1)C(N)(CCC)CCC.Cl. The standard InChI is InChI=1S/C22H39N.ClH/c1-4-7-8-9-10-14-17-21(20-15-12-11-13-16-20)22(23,18-5-2)19-6-3;/h11-13,15-16,21H,4-10,14,17-19,23H2,1-3H3;1H. The van der Waals surface area contributed by atoms with Crippen LogP contribution < -0.4 is 5.73 Å². The molecule has 0 fully saturated rings. The van der Waals surface area contributed by atoms with Gasteiger partial charge in [0.25, 0.3) is 0 Å². The highest BCUT2D eigenvalue weighted by atomic mass is 35.5. The van der Waals surface area contributed by atoms with Crippen molar-refractivity contribution in [1.29, 1.82) is 0 Å². The Bertz CT molecular complexity index is 384. The van der Waals surface area contributed by atoms with Crippen molar-refractivity contribution in [3.63, 3.8) is 0 Å². The van der Waals surface area contributed by atoms with Crippen LogP contribution in [0.4, 0.5) is 0 Å². The van der Waals surface area contributed by atoms with Crippen molar-refractivity contribution in [2.45, 2.75) is 103 Å². The van der Waals surface area contributed by atoms with Crippen molar-refractivity contribution in [3.8, 4) is 0 Å². The van der Waals surface area contributed by atoms with Crippen LogP contribution in [0.3, 0.4) is 0 Å². The minimum absolute atomic E-state index is 0. The largest absolute Gasteiger partial charge is 0.325 e. The lowest BCUT2D eigenvalue weighted by atomic mass is 9.72. The monoisotopic (exact) mass is 353 g/mol. The first kappa shape index (κ1) is 23.5. The van der Waals surface area contributed by atoms with Gasteiger partial charge in [0.1, 0.15) is 0 Å². The average molecular weight is 354 g/mol. The van der Waals surface area contributed by atoms with E-state index >= 15 is 0 Å². The second-order valence-electron chi connectivity index (χ2n) is 7.25. The predicted molar refractivity (Wildman–Crippen MR) is 111 cm³/mol. The lowest BCUT2D eigenvalue weighted by Gasteiger charge is -2.38. The third-order valence-electron chi connectivity index (χ3n) is 5.17. The van der Waals surface area contributed by atoms with Crippen molar-refractivity contribution < 1.29 is 0 Å². The third kappa shape index (κ3) is 8.03. The minimum atomic E-state index is -0.0335. The number of nitrogens with two attached hydrogens (primary N) is 1. The lowest BCUT2D eigenvalue weighted by molar-refractivity contribution is 0.275. The maximum Gasteiger partial charge on any atom is 0.0223 e. The summed E-state index contributed by atoms with van der Waals surface area (Å²) in [5.41, 5.74) is 8.37. The Balaban J connectivity index is 0.00000529. The van der Waals surface area contributed by atoms with Crippen LogP contribution >= 0.6 is 12.4 Å². The van der Waals surface area contributed by atoms with Crippen LogP contribution in [0.15, 0.2) is 30.3 Å². The molecule has 0 heterocycles. The van der Waals surface area contributed by atoms with Gasteiger partial charge in [-0.25, -0.2) is 0 Å². The molecular weight excluding hydrogens is 314 g/mol. The van der Waals surface area contributed by atoms with E-state index in [-0.39, 0.29) is 17.9 Å². The molecule has 140 valence electrons. The molecular formula is C22H40ClN. The Hall–Kier alpha value is -0.530. The van der Waals surface area contributed by atoms with Crippen molar-refractivity contribution >= 4 is 12.4 Å². The molecule has 0 aliphatic heterocycles. The maximum absolute atomic E-state index is 6.96. The van der Waals surface area contributed by atoms with Crippen molar-refractivity contribution in [2.75, 3.05) is 0 Å². The van der Waals surface area contributed by atoms with Crippen LogP contribution in [-0.4, -0.2) is 5.54 Å². The molecule has 0 amide bonds. The molecule has 1 aromatic rings. The molecule has 0 saturated heterocycles. The van der Waals surface area contributed by atoms with Gasteiger partial charge in [-0.15, -0.1) is 12.4 Å². The fraction of sp³-hybridized carbons (Fsp3) is 0.727. The number of hydrogen-bond acceptors (Lipinski definition) is 1. The van der Waals surface area contributed by atoms with Gasteiger partial charge in [-0.05, 0) is 24.8 Å². The molecule has 1 atom stereocenters. The van der Waals surface area contributed by atoms with Gasteiger partial charge in [0.05, 0.1) is 0 Å². The summed E-state index contributed by atoms with van der Waals surface area (Å²) in [4.78, 5) is 0. The van der Waals surface area contributed by atoms with E-state index in [2.05, 4.69) is 51.1 Å². The minimum Gasteiger partial charge on any atom is -0.325 e. The Morgan fingerprint density at radius 2 is 1.33 bits per heavy atom. The molecule has 0 aliphatic rings. The van der Waals surface area contributed by atoms with Crippen LogP contribution in [0.25, 0.3) is 0 Å². The van der Waals surface area contributed by atoms with Gasteiger partial charge in [-0.2, -0.15) is 0 Å². The fourth-order valence-electron chi connectivity index (χ4n) is 4.00. The van der Waals surface area contributed by atoms with Gasteiger partial charge in [0, 0.05) is 11.5 Å². The molecule has 1 nitrogen and oxygen atoms in total. The van der Waals surface area contributed by atoms with Crippen LogP contribution in [0.5, 0.6) is 0 Å². The third-order valence-corrected chi connectivity index (χ3v) is 5.17. The molecule has 0 radical (unpaired) electrons. The fourth-order valence-corrected chi connectivity index (χ4v) is 4.00. The zero-order chi connectivity index (χ0) is 17.0. The molecule has 0 bridgehead atoms. The normalized spacial score (nSPS) is 12.7. The van der Waals surface area contributed by atoms with E-state index in [1.165, 1.54) is 63.4 Å². The molecule has 0 aliphatic carbocycles. The Morgan fingerprint density at radius 3 is 1.88 bits per heavy atom. The van der Waals surface area contributed by atoms with Crippen LogP contribution in [0.1, 0.15) is 103 Å². The Labute approximate surface area is 157 Å². The summed E-state index contributed by atoms with van der Waals surface area (Å²) in [5.74, 6) is 0.509. The summed E-state index contributed by atoms with van der Waals surface area (Å²) in [6.45, 7) is 6.82. The molecule has 2 heteroatoms. The van der Waals surface area contributed by atoms with E-state index in [4.69, 9.17) is 5.73 Å². The van der Waals surface area contributed by atoms with Gasteiger partial charge in [-0.1, -0.05) is 102 Å². The van der Waals surface area contributed by atoms with Gasteiger partial charge in [0.15, 0.2) is 0 Å². The van der Waals surface area contributed by atoms with Crippen LogP contribution in [0, 0.1) is 0 Å². The summed E-state index contributed by atoms with van der Waals surface area (Å²) in [6.07, 6.45) is 14.0. The number of benzene rings is 1. The molecule has 1 aromatic carbocycles. The van der Waals surface area contributed by atoms with E-state index in [0.717, 1.165) is 12.8 Å². The highest BCUT2D eigenvalue weighted by molar-refractivity contribution is 5.85. The second-order valence-corrected chi connectivity index (χ2v) is 7.25. The maximum atomic E-state index is 6.96.